The van der Waals surface area contributed by atoms with Gasteiger partial charge in [-0.2, -0.15) is 0 Å². The normalized spacial score (nSPS) is 19.8. The standard InChI is InChI=1S/C9H15N3O5/c10-8(15)6-5-17-4-3-12(6)9(16)11-2-1-7(13)14/h6H,1-5H2,(H2,10,15)(H,11,16)(H,13,14). The van der Waals surface area contributed by atoms with Gasteiger partial charge in [-0.1, -0.05) is 0 Å². The van der Waals surface area contributed by atoms with Crippen LogP contribution >= 0.6 is 0 Å². The Morgan fingerprint density at radius 1 is 1.47 bits per heavy atom. The second-order valence-corrected chi connectivity index (χ2v) is 3.56. The number of primary amides is 1. The lowest BCUT2D eigenvalue weighted by Gasteiger charge is -2.33. The highest BCUT2D eigenvalue weighted by Gasteiger charge is 2.31. The summed E-state index contributed by atoms with van der Waals surface area (Å²) in [4.78, 5) is 34.3. The Balaban J connectivity index is 2.47. The number of aliphatic carboxylic acids is 1. The number of nitrogens with zero attached hydrogens (tertiary/aromatic N) is 1. The Labute approximate surface area is 97.7 Å². The number of hydrogen-bond acceptors (Lipinski definition) is 4. The largest absolute Gasteiger partial charge is 0.481 e. The van der Waals surface area contributed by atoms with Crippen LogP contribution in [0, 0.1) is 0 Å². The second kappa shape index (κ2) is 6.04. The van der Waals surface area contributed by atoms with Crippen LogP contribution in [0.15, 0.2) is 0 Å². The summed E-state index contributed by atoms with van der Waals surface area (Å²) in [5, 5.41) is 10.8. The molecule has 1 aliphatic rings. The van der Waals surface area contributed by atoms with Crippen molar-refractivity contribution < 1.29 is 24.2 Å². The first-order valence-electron chi connectivity index (χ1n) is 5.15. The van der Waals surface area contributed by atoms with Gasteiger partial charge in [-0.3, -0.25) is 9.59 Å². The Kier molecular flexibility index (Phi) is 4.70. The number of nitrogens with two attached hydrogens (primary N) is 1. The molecule has 17 heavy (non-hydrogen) atoms. The molecule has 4 N–H and O–H groups in total. The number of morpholine rings is 1. The number of nitrogens with one attached hydrogen (secondary N) is 1. The molecule has 1 heterocycles. The molecule has 1 rings (SSSR count). The highest BCUT2D eigenvalue weighted by atomic mass is 16.5. The summed E-state index contributed by atoms with van der Waals surface area (Å²) in [6, 6.07) is -1.30. The van der Waals surface area contributed by atoms with Gasteiger partial charge < -0.3 is 25.8 Å². The number of carboxylic acid groups (broad SMARTS) is 1. The number of carbonyl (C=O) groups is 3. The lowest BCUT2D eigenvalue weighted by molar-refractivity contribution is -0.137. The lowest BCUT2D eigenvalue weighted by atomic mass is 10.2. The molecular formula is C9H15N3O5. The zero-order valence-electron chi connectivity index (χ0n) is 9.22. The van der Waals surface area contributed by atoms with Crippen molar-refractivity contribution in [3.05, 3.63) is 0 Å². The van der Waals surface area contributed by atoms with Crippen LogP contribution < -0.4 is 11.1 Å². The minimum Gasteiger partial charge on any atom is -0.481 e. The quantitative estimate of drug-likeness (QED) is 0.548. The average Bonchev–Trinajstić information content (AvgIpc) is 2.28. The van der Waals surface area contributed by atoms with E-state index in [1.807, 2.05) is 0 Å². The molecule has 0 aromatic carbocycles. The maximum absolute atomic E-state index is 11.7. The monoisotopic (exact) mass is 245 g/mol. The van der Waals surface area contributed by atoms with E-state index in [1.54, 1.807) is 0 Å². The zero-order valence-corrected chi connectivity index (χ0v) is 9.22. The molecule has 0 aromatic heterocycles. The molecule has 1 fully saturated rings. The molecule has 0 radical (unpaired) electrons. The van der Waals surface area contributed by atoms with Crippen LogP contribution in [-0.4, -0.2) is 60.3 Å². The number of carboxylic acids is 1. The first kappa shape index (κ1) is 13.2. The van der Waals surface area contributed by atoms with Crippen LogP contribution in [0.5, 0.6) is 0 Å². The Morgan fingerprint density at radius 3 is 2.76 bits per heavy atom. The van der Waals surface area contributed by atoms with Gasteiger partial charge >= 0.3 is 12.0 Å². The number of urea groups is 1. The van der Waals surface area contributed by atoms with Gasteiger partial charge in [0.1, 0.15) is 6.04 Å². The molecule has 0 saturated carbocycles. The number of hydrogen-bond donors (Lipinski definition) is 3. The minimum absolute atomic E-state index is 0.0109. The van der Waals surface area contributed by atoms with Gasteiger partial charge in [-0.25, -0.2) is 4.79 Å². The molecular weight excluding hydrogens is 230 g/mol. The van der Waals surface area contributed by atoms with Crippen LogP contribution in [0.25, 0.3) is 0 Å². The van der Waals surface area contributed by atoms with E-state index < -0.39 is 23.9 Å². The molecule has 96 valence electrons. The third-order valence-corrected chi connectivity index (χ3v) is 2.33. The summed E-state index contributed by atoms with van der Waals surface area (Å²) in [7, 11) is 0. The maximum Gasteiger partial charge on any atom is 0.318 e. The van der Waals surface area contributed by atoms with Crippen molar-refractivity contribution in [2.75, 3.05) is 26.3 Å². The maximum atomic E-state index is 11.7. The van der Waals surface area contributed by atoms with Crippen LogP contribution in [0.2, 0.25) is 0 Å². The summed E-state index contributed by atoms with van der Waals surface area (Å²) in [5.74, 6) is -1.64. The number of amides is 3. The van der Waals surface area contributed by atoms with E-state index >= 15 is 0 Å². The summed E-state index contributed by atoms with van der Waals surface area (Å²) < 4.78 is 5.05. The van der Waals surface area contributed by atoms with Crippen LogP contribution in [0.4, 0.5) is 4.79 Å². The Hall–Kier alpha value is -1.83. The second-order valence-electron chi connectivity index (χ2n) is 3.56. The Morgan fingerprint density at radius 2 is 2.18 bits per heavy atom. The summed E-state index contributed by atoms with van der Waals surface area (Å²) >= 11 is 0. The predicted octanol–water partition coefficient (Wildman–Crippen LogP) is -1.64. The number of rotatable bonds is 4. The van der Waals surface area contributed by atoms with Crippen molar-refractivity contribution in [2.24, 2.45) is 5.73 Å². The molecule has 0 spiro atoms. The third kappa shape index (κ3) is 3.91. The molecule has 1 unspecified atom stereocenters. The molecule has 0 aliphatic carbocycles. The first-order chi connectivity index (χ1) is 8.02. The third-order valence-electron chi connectivity index (χ3n) is 2.33. The van der Waals surface area contributed by atoms with Crippen molar-refractivity contribution in [3.63, 3.8) is 0 Å². The molecule has 8 nitrogen and oxygen atoms in total. The molecule has 3 amide bonds. The Bertz CT molecular complexity index is 320. The van der Waals surface area contributed by atoms with E-state index in [0.29, 0.717) is 6.61 Å². The van der Waals surface area contributed by atoms with Gasteiger partial charge in [-0.15, -0.1) is 0 Å². The highest BCUT2D eigenvalue weighted by molar-refractivity contribution is 5.86. The van der Waals surface area contributed by atoms with Crippen molar-refractivity contribution >= 4 is 17.9 Å². The van der Waals surface area contributed by atoms with Gasteiger partial charge in [-0.05, 0) is 0 Å². The highest BCUT2D eigenvalue weighted by Crippen LogP contribution is 2.06. The zero-order chi connectivity index (χ0) is 12.8. The molecule has 1 aliphatic heterocycles. The number of carbonyl (C=O) groups excluding carboxylic acids is 2. The fourth-order valence-electron chi connectivity index (χ4n) is 1.46. The van der Waals surface area contributed by atoms with Crippen molar-refractivity contribution in [3.8, 4) is 0 Å². The van der Waals surface area contributed by atoms with E-state index in [9.17, 15) is 14.4 Å². The molecule has 0 aromatic rings. The first-order valence-corrected chi connectivity index (χ1v) is 5.15. The number of ether oxygens (including phenoxy) is 1. The van der Waals surface area contributed by atoms with Crippen molar-refractivity contribution in [1.29, 1.82) is 0 Å². The molecule has 1 saturated heterocycles. The van der Waals surface area contributed by atoms with E-state index in [1.165, 1.54) is 4.90 Å². The summed E-state index contributed by atoms with van der Waals surface area (Å²) in [6.07, 6.45) is -0.169. The van der Waals surface area contributed by atoms with Crippen LogP contribution in [0.1, 0.15) is 6.42 Å². The fourth-order valence-corrected chi connectivity index (χ4v) is 1.46. The van der Waals surface area contributed by atoms with Crippen molar-refractivity contribution in [1.82, 2.24) is 10.2 Å². The fraction of sp³-hybridized carbons (Fsp3) is 0.667. The smallest absolute Gasteiger partial charge is 0.318 e. The van der Waals surface area contributed by atoms with Gasteiger partial charge in [0.05, 0.1) is 19.6 Å². The van der Waals surface area contributed by atoms with Gasteiger partial charge in [0, 0.05) is 13.1 Å². The van der Waals surface area contributed by atoms with Gasteiger partial charge in [0.15, 0.2) is 0 Å². The molecule has 0 bridgehead atoms. The lowest BCUT2D eigenvalue weighted by Crippen LogP contribution is -2.57. The predicted molar refractivity (Wildman–Crippen MR) is 56.2 cm³/mol. The summed E-state index contributed by atoms with van der Waals surface area (Å²) in [6.45, 7) is 0.668. The van der Waals surface area contributed by atoms with Gasteiger partial charge in [0.2, 0.25) is 5.91 Å². The topological polar surface area (TPSA) is 122 Å². The summed E-state index contributed by atoms with van der Waals surface area (Å²) in [5.41, 5.74) is 5.14. The van der Waals surface area contributed by atoms with Crippen LogP contribution in [-0.2, 0) is 14.3 Å². The minimum atomic E-state index is -1.00. The van der Waals surface area contributed by atoms with E-state index in [2.05, 4.69) is 5.32 Å². The van der Waals surface area contributed by atoms with Gasteiger partial charge in [0.25, 0.3) is 0 Å². The van der Waals surface area contributed by atoms with E-state index in [0.717, 1.165) is 0 Å². The molecule has 1 atom stereocenters. The molecule has 8 heteroatoms. The van der Waals surface area contributed by atoms with Crippen LogP contribution in [0.3, 0.4) is 0 Å². The SMILES string of the molecule is NC(=O)C1COCCN1C(=O)NCCC(=O)O. The van der Waals surface area contributed by atoms with E-state index in [4.69, 9.17) is 15.6 Å². The average molecular weight is 245 g/mol. The van der Waals surface area contributed by atoms with E-state index in [-0.39, 0.29) is 26.1 Å². The van der Waals surface area contributed by atoms with Crippen molar-refractivity contribution in [2.45, 2.75) is 12.5 Å².